The highest BCUT2D eigenvalue weighted by Crippen LogP contribution is 2.75. The van der Waals surface area contributed by atoms with Crippen LogP contribution in [0.4, 0.5) is 0 Å². The van der Waals surface area contributed by atoms with Crippen molar-refractivity contribution in [3.05, 3.63) is 12.2 Å². The van der Waals surface area contributed by atoms with Crippen molar-refractivity contribution in [2.45, 2.75) is 130 Å². The molecule has 0 bridgehead atoms. The second kappa shape index (κ2) is 7.57. The summed E-state index contributed by atoms with van der Waals surface area (Å²) in [6.07, 6.45) is 8.93. The second-order valence-corrected chi connectivity index (χ2v) is 14.4. The molecule has 0 radical (unpaired) electrons. The van der Waals surface area contributed by atoms with Crippen molar-refractivity contribution < 1.29 is 19.4 Å². The van der Waals surface area contributed by atoms with E-state index in [-0.39, 0.29) is 40.0 Å². The zero-order valence-electron chi connectivity index (χ0n) is 22.7. The molecule has 34 heavy (non-hydrogen) atoms. The van der Waals surface area contributed by atoms with Gasteiger partial charge in [0.1, 0.15) is 6.10 Å². The Bertz CT molecular complexity index is 874. The second-order valence-electron chi connectivity index (χ2n) is 14.4. The molecular formula is C30H48O4. The van der Waals surface area contributed by atoms with E-state index in [0.29, 0.717) is 30.1 Å². The fourth-order valence-corrected chi connectivity index (χ4v) is 10.4. The summed E-state index contributed by atoms with van der Waals surface area (Å²) in [5, 5.41) is 10.7. The molecule has 3 saturated carbocycles. The molecule has 10 unspecified atom stereocenters. The van der Waals surface area contributed by atoms with E-state index >= 15 is 0 Å². The van der Waals surface area contributed by atoms with E-state index in [9.17, 15) is 9.90 Å². The Kier molecular flexibility index (Phi) is 5.52. The quantitative estimate of drug-likeness (QED) is 0.379. The van der Waals surface area contributed by atoms with E-state index in [4.69, 9.17) is 9.47 Å². The molecule has 10 atom stereocenters. The van der Waals surface area contributed by atoms with Gasteiger partial charge in [0.05, 0.1) is 17.3 Å². The number of hydrogen-bond donors (Lipinski definition) is 1. The third kappa shape index (κ3) is 3.26. The summed E-state index contributed by atoms with van der Waals surface area (Å²) in [5.41, 5.74) is 0.633. The molecule has 0 aromatic rings. The van der Waals surface area contributed by atoms with Crippen LogP contribution in [-0.4, -0.2) is 34.5 Å². The molecule has 5 rings (SSSR count). The smallest absolute Gasteiger partial charge is 0.306 e. The van der Waals surface area contributed by atoms with E-state index in [2.05, 4.69) is 41.2 Å². The van der Waals surface area contributed by atoms with Gasteiger partial charge in [0.25, 0.3) is 0 Å². The molecule has 2 aliphatic heterocycles. The molecule has 3 aliphatic carbocycles. The lowest BCUT2D eigenvalue weighted by Gasteiger charge is -2.67. The maximum Gasteiger partial charge on any atom is 0.306 e. The Morgan fingerprint density at radius 3 is 2.29 bits per heavy atom. The Morgan fingerprint density at radius 2 is 1.68 bits per heavy atom. The highest BCUT2D eigenvalue weighted by Gasteiger charge is 2.71. The van der Waals surface area contributed by atoms with Gasteiger partial charge in [-0.2, -0.15) is 0 Å². The van der Waals surface area contributed by atoms with E-state index in [0.717, 1.165) is 25.7 Å². The van der Waals surface area contributed by atoms with Crippen molar-refractivity contribution in [3.63, 3.8) is 0 Å². The van der Waals surface area contributed by atoms with Gasteiger partial charge < -0.3 is 14.6 Å². The first-order valence-electron chi connectivity index (χ1n) is 13.9. The van der Waals surface area contributed by atoms with Crippen molar-refractivity contribution in [2.75, 3.05) is 0 Å². The third-order valence-electron chi connectivity index (χ3n) is 12.2. The minimum atomic E-state index is -0.817. The van der Waals surface area contributed by atoms with Gasteiger partial charge in [-0.15, -0.1) is 0 Å². The van der Waals surface area contributed by atoms with Crippen LogP contribution in [0.1, 0.15) is 106 Å². The van der Waals surface area contributed by atoms with Crippen molar-refractivity contribution in [3.8, 4) is 0 Å². The lowest BCUT2D eigenvalue weighted by atomic mass is 9.37. The third-order valence-corrected chi connectivity index (χ3v) is 12.2. The van der Waals surface area contributed by atoms with Gasteiger partial charge in [-0.1, -0.05) is 32.9 Å². The normalized spacial score (nSPS) is 53.0. The van der Waals surface area contributed by atoms with Crippen LogP contribution < -0.4 is 0 Å². The first-order chi connectivity index (χ1) is 15.7. The molecule has 0 aromatic heterocycles. The molecule has 1 N–H and O–H groups in total. The zero-order valence-corrected chi connectivity index (χ0v) is 22.7. The summed E-state index contributed by atoms with van der Waals surface area (Å²) in [4.78, 5) is 12.9. The largest absolute Gasteiger partial charge is 0.462 e. The highest BCUT2D eigenvalue weighted by molar-refractivity contribution is 5.70. The van der Waals surface area contributed by atoms with E-state index < -0.39 is 5.60 Å². The van der Waals surface area contributed by atoms with Crippen LogP contribution in [-0.2, 0) is 14.3 Å². The number of esters is 1. The van der Waals surface area contributed by atoms with E-state index in [1.165, 1.54) is 31.3 Å². The minimum absolute atomic E-state index is 0.00740. The summed E-state index contributed by atoms with van der Waals surface area (Å²) < 4.78 is 13.0. The Morgan fingerprint density at radius 1 is 1.00 bits per heavy atom. The van der Waals surface area contributed by atoms with Crippen LogP contribution >= 0.6 is 0 Å². The minimum Gasteiger partial charge on any atom is -0.462 e. The van der Waals surface area contributed by atoms with Crippen LogP contribution in [0.15, 0.2) is 12.2 Å². The fraction of sp³-hybridized carbons (Fsp3) is 0.900. The summed E-state index contributed by atoms with van der Waals surface area (Å²) in [6.45, 7) is 20.2. The number of fused-ring (bicyclic) bond motifs is 2. The van der Waals surface area contributed by atoms with Gasteiger partial charge in [0.15, 0.2) is 0 Å². The molecule has 4 nitrogen and oxygen atoms in total. The maximum absolute atomic E-state index is 12.9. The predicted molar refractivity (Wildman–Crippen MR) is 134 cm³/mol. The standard InChI is InChI=1S/C30H48O4/c1-18(2)19-9-15-29(7)25-22(33-24(31)12-13-27(19,25)5)17-21-20(10-14-28(21,29)6)30(8)16-11-23(34-30)26(3,4)32/h19-23,25,32H,1,9-17H2,2-8H3. The Balaban J connectivity index is 1.54. The van der Waals surface area contributed by atoms with Crippen molar-refractivity contribution in [1.29, 1.82) is 0 Å². The van der Waals surface area contributed by atoms with Gasteiger partial charge in [-0.3, -0.25) is 4.79 Å². The highest BCUT2D eigenvalue weighted by atomic mass is 16.5. The molecule has 2 heterocycles. The number of rotatable bonds is 3. The molecule has 5 aliphatic rings. The van der Waals surface area contributed by atoms with Crippen LogP contribution in [0.2, 0.25) is 0 Å². The van der Waals surface area contributed by atoms with E-state index in [1.807, 2.05) is 13.8 Å². The monoisotopic (exact) mass is 472 g/mol. The summed E-state index contributed by atoms with van der Waals surface area (Å²) in [7, 11) is 0. The average Bonchev–Trinajstić information content (AvgIpc) is 3.25. The average molecular weight is 473 g/mol. The maximum atomic E-state index is 12.9. The molecule has 2 saturated heterocycles. The first kappa shape index (κ1) is 24.8. The number of carbonyl (C=O) groups excluding carboxylic acids is 1. The lowest BCUT2D eigenvalue weighted by Crippen LogP contribution is -2.64. The topological polar surface area (TPSA) is 55.8 Å². The van der Waals surface area contributed by atoms with Gasteiger partial charge in [-0.05, 0) is 113 Å². The van der Waals surface area contributed by atoms with E-state index in [1.54, 1.807) is 0 Å². The number of allylic oxidation sites excluding steroid dienone is 1. The van der Waals surface area contributed by atoms with Crippen molar-refractivity contribution in [1.82, 2.24) is 0 Å². The van der Waals surface area contributed by atoms with Crippen LogP contribution in [0.25, 0.3) is 0 Å². The van der Waals surface area contributed by atoms with Crippen LogP contribution in [0.3, 0.4) is 0 Å². The molecule has 0 amide bonds. The van der Waals surface area contributed by atoms with Crippen molar-refractivity contribution >= 4 is 5.97 Å². The molecular weight excluding hydrogens is 424 g/mol. The molecule has 4 heteroatoms. The Labute approximate surface area is 207 Å². The Hall–Kier alpha value is -0.870. The number of aliphatic hydroxyl groups is 1. The number of carbonyl (C=O) groups is 1. The van der Waals surface area contributed by atoms with Crippen LogP contribution in [0.5, 0.6) is 0 Å². The summed E-state index contributed by atoms with van der Waals surface area (Å²) in [5.74, 6) is 1.74. The fourth-order valence-electron chi connectivity index (χ4n) is 10.4. The molecule has 192 valence electrons. The van der Waals surface area contributed by atoms with Gasteiger partial charge in [0, 0.05) is 12.3 Å². The zero-order chi connectivity index (χ0) is 24.9. The molecule has 0 aromatic carbocycles. The first-order valence-corrected chi connectivity index (χ1v) is 13.9. The number of hydrogen-bond acceptors (Lipinski definition) is 4. The summed E-state index contributed by atoms with van der Waals surface area (Å²) >= 11 is 0. The van der Waals surface area contributed by atoms with Crippen molar-refractivity contribution in [2.24, 2.45) is 39.9 Å². The molecule has 0 spiro atoms. The van der Waals surface area contributed by atoms with Gasteiger partial charge in [0.2, 0.25) is 0 Å². The van der Waals surface area contributed by atoms with Gasteiger partial charge in [-0.25, -0.2) is 0 Å². The summed E-state index contributed by atoms with van der Waals surface area (Å²) in [6, 6.07) is 0. The number of ether oxygens (including phenoxy) is 2. The lowest BCUT2D eigenvalue weighted by molar-refractivity contribution is -0.224. The molecule has 5 fully saturated rings. The SMILES string of the molecule is C=C(C)C1CCC2(C)C3C(CC4C(C5(C)CCC(C(C)(C)O)O5)CCC42C)OC(=O)CCC13C. The van der Waals surface area contributed by atoms with Gasteiger partial charge >= 0.3 is 5.97 Å². The van der Waals surface area contributed by atoms with Crippen LogP contribution in [0, 0.1) is 39.9 Å². The predicted octanol–water partition coefficient (Wildman–Crippen LogP) is 6.45.